The first-order valence-corrected chi connectivity index (χ1v) is 7.98. The highest BCUT2D eigenvalue weighted by Gasteiger charge is 2.34. The van der Waals surface area contributed by atoms with Gasteiger partial charge in [-0.1, -0.05) is 18.6 Å². The van der Waals surface area contributed by atoms with Gasteiger partial charge in [-0.05, 0) is 45.7 Å². The molecule has 5 nitrogen and oxygen atoms in total. The van der Waals surface area contributed by atoms with Crippen LogP contribution in [-0.2, 0) is 9.59 Å². The van der Waals surface area contributed by atoms with Crippen molar-refractivity contribution in [3.63, 3.8) is 0 Å². The van der Waals surface area contributed by atoms with Gasteiger partial charge in [-0.25, -0.2) is 0 Å². The molecule has 1 heterocycles. The van der Waals surface area contributed by atoms with E-state index in [1.807, 2.05) is 19.1 Å². The Hall–Kier alpha value is -1.36. The van der Waals surface area contributed by atoms with Crippen molar-refractivity contribution in [3.05, 3.63) is 12.2 Å². The number of allylic oxidation sites excluding steroid dienone is 2. The van der Waals surface area contributed by atoms with Gasteiger partial charge in [-0.15, -0.1) is 0 Å². The zero-order valence-corrected chi connectivity index (χ0v) is 12.8. The molecule has 1 aliphatic carbocycles. The predicted molar refractivity (Wildman–Crippen MR) is 80.9 cm³/mol. The molecule has 21 heavy (non-hydrogen) atoms. The number of piperidine rings is 1. The average Bonchev–Trinajstić information content (AvgIpc) is 2.48. The van der Waals surface area contributed by atoms with Crippen LogP contribution in [0.1, 0.15) is 39.0 Å². The van der Waals surface area contributed by atoms with E-state index in [9.17, 15) is 14.7 Å². The smallest absolute Gasteiger partial charge is 0.307 e. The fourth-order valence-corrected chi connectivity index (χ4v) is 3.30. The number of nitrogens with zero attached hydrogens (tertiary/aromatic N) is 1. The third-order valence-corrected chi connectivity index (χ3v) is 4.46. The summed E-state index contributed by atoms with van der Waals surface area (Å²) in [5.41, 5.74) is 0. The third-order valence-electron chi connectivity index (χ3n) is 4.46. The van der Waals surface area contributed by atoms with E-state index in [0.29, 0.717) is 12.8 Å². The lowest BCUT2D eigenvalue weighted by molar-refractivity contribution is -0.147. The van der Waals surface area contributed by atoms with E-state index in [0.717, 1.165) is 19.6 Å². The summed E-state index contributed by atoms with van der Waals surface area (Å²) in [7, 11) is 0. The van der Waals surface area contributed by atoms with Gasteiger partial charge >= 0.3 is 5.97 Å². The van der Waals surface area contributed by atoms with E-state index < -0.39 is 17.8 Å². The fourth-order valence-electron chi connectivity index (χ4n) is 3.30. The second kappa shape index (κ2) is 7.59. The highest BCUT2D eigenvalue weighted by molar-refractivity contribution is 5.85. The second-order valence-electron chi connectivity index (χ2n) is 6.26. The van der Waals surface area contributed by atoms with Gasteiger partial charge in [0.1, 0.15) is 0 Å². The number of rotatable bonds is 5. The van der Waals surface area contributed by atoms with Crippen molar-refractivity contribution in [2.24, 2.45) is 11.8 Å². The van der Waals surface area contributed by atoms with Crippen LogP contribution >= 0.6 is 0 Å². The van der Waals surface area contributed by atoms with Crippen molar-refractivity contribution in [1.29, 1.82) is 0 Å². The lowest BCUT2D eigenvalue weighted by Gasteiger charge is -2.31. The molecule has 2 aliphatic rings. The maximum absolute atomic E-state index is 12.3. The van der Waals surface area contributed by atoms with Crippen molar-refractivity contribution in [1.82, 2.24) is 10.2 Å². The lowest BCUT2D eigenvalue weighted by Crippen LogP contribution is -2.47. The van der Waals surface area contributed by atoms with Crippen LogP contribution < -0.4 is 5.32 Å². The average molecular weight is 294 g/mol. The Balaban J connectivity index is 1.84. The monoisotopic (exact) mass is 294 g/mol. The van der Waals surface area contributed by atoms with Crippen LogP contribution in [0.2, 0.25) is 0 Å². The highest BCUT2D eigenvalue weighted by atomic mass is 16.4. The van der Waals surface area contributed by atoms with Gasteiger partial charge in [-0.2, -0.15) is 0 Å². The van der Waals surface area contributed by atoms with Crippen molar-refractivity contribution >= 4 is 11.9 Å². The molecule has 0 aromatic rings. The molecule has 1 saturated heterocycles. The molecule has 2 rings (SSSR count). The molecule has 1 fully saturated rings. The van der Waals surface area contributed by atoms with Crippen LogP contribution in [0.4, 0.5) is 0 Å². The number of amides is 1. The number of carbonyl (C=O) groups excluding carboxylic acids is 1. The van der Waals surface area contributed by atoms with Crippen LogP contribution in [0, 0.1) is 11.8 Å². The third kappa shape index (κ3) is 4.56. The lowest BCUT2D eigenvalue weighted by atomic mass is 9.82. The summed E-state index contributed by atoms with van der Waals surface area (Å²) in [6.07, 6.45) is 8.52. The van der Waals surface area contributed by atoms with E-state index in [1.54, 1.807) is 0 Å². The van der Waals surface area contributed by atoms with Crippen LogP contribution in [0.5, 0.6) is 0 Å². The molecule has 5 heteroatoms. The molecule has 2 N–H and O–H groups in total. The molecule has 0 aromatic carbocycles. The van der Waals surface area contributed by atoms with E-state index in [1.165, 1.54) is 19.3 Å². The number of likely N-dealkylation sites (tertiary alicyclic amines) is 1. The first-order valence-electron chi connectivity index (χ1n) is 7.98. The summed E-state index contributed by atoms with van der Waals surface area (Å²) in [5.74, 6) is -2.01. The van der Waals surface area contributed by atoms with Crippen molar-refractivity contribution in [3.8, 4) is 0 Å². The molecule has 3 atom stereocenters. The summed E-state index contributed by atoms with van der Waals surface area (Å²) in [4.78, 5) is 26.0. The molecule has 1 amide bonds. The minimum atomic E-state index is -0.872. The second-order valence-corrected chi connectivity index (χ2v) is 6.26. The molecule has 1 aliphatic heterocycles. The molecule has 0 aromatic heterocycles. The summed E-state index contributed by atoms with van der Waals surface area (Å²) < 4.78 is 0. The zero-order chi connectivity index (χ0) is 15.2. The topological polar surface area (TPSA) is 69.6 Å². The summed E-state index contributed by atoms with van der Waals surface area (Å²) in [6, 6.07) is 0.0657. The van der Waals surface area contributed by atoms with Gasteiger partial charge in [-0.3, -0.25) is 9.59 Å². The van der Waals surface area contributed by atoms with Crippen LogP contribution in [-0.4, -0.2) is 47.6 Å². The number of carbonyl (C=O) groups is 2. The molecule has 0 saturated carbocycles. The Labute approximate surface area is 126 Å². The molecular weight excluding hydrogens is 268 g/mol. The Morgan fingerprint density at radius 3 is 2.43 bits per heavy atom. The summed E-state index contributed by atoms with van der Waals surface area (Å²) in [5, 5.41) is 12.2. The van der Waals surface area contributed by atoms with Crippen molar-refractivity contribution in [2.75, 3.05) is 19.6 Å². The van der Waals surface area contributed by atoms with Gasteiger partial charge in [0, 0.05) is 12.6 Å². The van der Waals surface area contributed by atoms with E-state index >= 15 is 0 Å². The van der Waals surface area contributed by atoms with Gasteiger partial charge < -0.3 is 15.3 Å². The largest absolute Gasteiger partial charge is 0.481 e. The number of nitrogens with one attached hydrogen (secondary N) is 1. The van der Waals surface area contributed by atoms with Gasteiger partial charge in [0.05, 0.1) is 11.8 Å². The fraction of sp³-hybridized carbons (Fsp3) is 0.750. The molecule has 3 unspecified atom stereocenters. The Morgan fingerprint density at radius 2 is 1.81 bits per heavy atom. The predicted octanol–water partition coefficient (Wildman–Crippen LogP) is 1.64. The minimum absolute atomic E-state index is 0.0657. The summed E-state index contributed by atoms with van der Waals surface area (Å²) in [6.45, 7) is 5.06. The first kappa shape index (κ1) is 16.0. The van der Waals surface area contributed by atoms with Gasteiger partial charge in [0.25, 0.3) is 0 Å². The maximum atomic E-state index is 12.3. The minimum Gasteiger partial charge on any atom is -0.481 e. The van der Waals surface area contributed by atoms with E-state index in [4.69, 9.17) is 0 Å². The highest BCUT2D eigenvalue weighted by Crippen LogP contribution is 2.26. The Kier molecular flexibility index (Phi) is 5.79. The van der Waals surface area contributed by atoms with Crippen molar-refractivity contribution < 1.29 is 14.7 Å². The number of hydrogen-bond donors (Lipinski definition) is 2. The Bertz CT molecular complexity index is 402. The van der Waals surface area contributed by atoms with Gasteiger partial charge in [0.15, 0.2) is 0 Å². The number of carboxylic acid groups (broad SMARTS) is 1. The molecule has 0 radical (unpaired) electrons. The zero-order valence-electron chi connectivity index (χ0n) is 12.8. The molecule has 118 valence electrons. The van der Waals surface area contributed by atoms with E-state index in [-0.39, 0.29) is 11.9 Å². The number of hydrogen-bond acceptors (Lipinski definition) is 3. The normalized spacial score (nSPS) is 28.0. The van der Waals surface area contributed by atoms with Crippen LogP contribution in [0.3, 0.4) is 0 Å². The number of carboxylic acids is 1. The summed E-state index contributed by atoms with van der Waals surface area (Å²) >= 11 is 0. The standard InChI is InChI=1S/C16H26N2O3/c1-12(11-18-9-5-2-6-10-18)17-15(19)13-7-3-4-8-14(13)16(20)21/h3-4,12-14H,2,5-11H2,1H3,(H,17,19)(H,20,21). The van der Waals surface area contributed by atoms with Gasteiger partial charge in [0.2, 0.25) is 5.91 Å². The molecule has 0 bridgehead atoms. The maximum Gasteiger partial charge on any atom is 0.307 e. The quantitative estimate of drug-likeness (QED) is 0.756. The molecule has 0 spiro atoms. The Morgan fingerprint density at radius 1 is 1.19 bits per heavy atom. The first-order chi connectivity index (χ1) is 10.1. The van der Waals surface area contributed by atoms with Crippen molar-refractivity contribution in [2.45, 2.75) is 45.1 Å². The van der Waals surface area contributed by atoms with E-state index in [2.05, 4.69) is 10.2 Å². The SMILES string of the molecule is CC(CN1CCCCC1)NC(=O)C1CC=CCC1C(=O)O. The van der Waals surface area contributed by atoms with Crippen LogP contribution in [0.15, 0.2) is 12.2 Å². The number of aliphatic carboxylic acids is 1. The van der Waals surface area contributed by atoms with Crippen LogP contribution in [0.25, 0.3) is 0 Å². The molecular formula is C16H26N2O3.